The van der Waals surface area contributed by atoms with Gasteiger partial charge in [-0.05, 0) is 26.0 Å². The van der Waals surface area contributed by atoms with E-state index in [9.17, 15) is 15.1 Å². The van der Waals surface area contributed by atoms with Crippen LogP contribution in [0.1, 0.15) is 29.8 Å². The van der Waals surface area contributed by atoms with Gasteiger partial charge in [0.15, 0.2) is 6.29 Å². The molecule has 0 bridgehead atoms. The van der Waals surface area contributed by atoms with Gasteiger partial charge >= 0.3 is 0 Å². The molecule has 0 fully saturated rings. The van der Waals surface area contributed by atoms with Crippen LogP contribution in [0.5, 0.6) is 11.5 Å². The summed E-state index contributed by atoms with van der Waals surface area (Å²) in [6.45, 7) is 6.88. The number of phenols is 1. The monoisotopic (exact) mass is 247 g/mol. The summed E-state index contributed by atoms with van der Waals surface area (Å²) in [5.41, 5.74) is -0.130. The topological polar surface area (TPSA) is 72.6 Å². The Morgan fingerprint density at radius 2 is 2.22 bits per heavy atom. The van der Waals surface area contributed by atoms with E-state index in [2.05, 4.69) is 6.72 Å². The fraction of sp³-hybridized carbons (Fsp3) is 0.231. The smallest absolute Gasteiger partial charge is 0.259 e. The lowest BCUT2D eigenvalue weighted by atomic mass is 9.99. The lowest BCUT2D eigenvalue weighted by molar-refractivity contribution is -0.351. The van der Waals surface area contributed by atoms with E-state index >= 15 is 0 Å². The van der Waals surface area contributed by atoms with Crippen LogP contribution in [0.2, 0.25) is 0 Å². The Bertz CT molecular complexity index is 573. The Labute approximate surface area is 104 Å². The van der Waals surface area contributed by atoms with Crippen LogP contribution in [-0.2, 0) is 0 Å². The SMILES string of the molecule is C=[N+]([O-])c1cc(C=O)c(O)c2c1OC(C)(C)C=C2. The van der Waals surface area contributed by atoms with Crippen molar-refractivity contribution in [3.8, 4) is 11.5 Å². The number of phenolic OH excluding ortho intramolecular Hbond substituents is 1. The molecule has 1 aliphatic heterocycles. The van der Waals surface area contributed by atoms with Crippen LogP contribution in [0.3, 0.4) is 0 Å². The fourth-order valence-electron chi connectivity index (χ4n) is 1.80. The van der Waals surface area contributed by atoms with Crippen molar-refractivity contribution in [2.24, 2.45) is 0 Å². The van der Waals surface area contributed by atoms with E-state index in [0.717, 1.165) is 0 Å². The number of ether oxygens (including phenoxy) is 1. The summed E-state index contributed by atoms with van der Waals surface area (Å²) >= 11 is 0. The molecule has 1 aliphatic rings. The number of carbonyl (C=O) groups excluding carboxylic acids is 1. The van der Waals surface area contributed by atoms with E-state index in [4.69, 9.17) is 4.74 Å². The number of benzene rings is 1. The van der Waals surface area contributed by atoms with Gasteiger partial charge in [0, 0.05) is 6.07 Å². The quantitative estimate of drug-likeness (QED) is 0.286. The summed E-state index contributed by atoms with van der Waals surface area (Å²) in [6, 6.07) is 1.26. The first-order chi connectivity index (χ1) is 8.35. The number of hydrogen-bond acceptors (Lipinski definition) is 4. The molecule has 0 amide bonds. The van der Waals surface area contributed by atoms with E-state index in [1.807, 2.05) is 13.8 Å². The van der Waals surface area contributed by atoms with E-state index in [1.165, 1.54) is 6.07 Å². The van der Waals surface area contributed by atoms with Gasteiger partial charge < -0.3 is 15.1 Å². The molecule has 0 aromatic heterocycles. The average molecular weight is 247 g/mol. The van der Waals surface area contributed by atoms with Crippen LogP contribution in [0.4, 0.5) is 5.69 Å². The minimum Gasteiger partial charge on any atom is -0.619 e. The zero-order valence-electron chi connectivity index (χ0n) is 10.1. The maximum Gasteiger partial charge on any atom is 0.259 e. The second-order valence-electron chi connectivity index (χ2n) is 4.61. The van der Waals surface area contributed by atoms with Gasteiger partial charge in [0.2, 0.25) is 5.75 Å². The predicted molar refractivity (Wildman–Crippen MR) is 67.6 cm³/mol. The Kier molecular flexibility index (Phi) is 2.62. The average Bonchev–Trinajstić information content (AvgIpc) is 2.27. The summed E-state index contributed by atoms with van der Waals surface area (Å²) in [4.78, 5) is 10.8. The fourth-order valence-corrected chi connectivity index (χ4v) is 1.80. The number of fused-ring (bicyclic) bond motifs is 1. The highest BCUT2D eigenvalue weighted by Gasteiger charge is 2.30. The number of aldehydes is 1. The van der Waals surface area contributed by atoms with Crippen molar-refractivity contribution in [1.82, 2.24) is 0 Å². The molecule has 0 aliphatic carbocycles. The summed E-state index contributed by atoms with van der Waals surface area (Å²) in [7, 11) is 0. The molecule has 1 aromatic rings. The summed E-state index contributed by atoms with van der Waals surface area (Å²) < 4.78 is 6.01. The Morgan fingerprint density at radius 1 is 1.56 bits per heavy atom. The van der Waals surface area contributed by atoms with Gasteiger partial charge in [-0.2, -0.15) is 4.74 Å². The molecule has 18 heavy (non-hydrogen) atoms. The third kappa shape index (κ3) is 1.84. The Hall–Kier alpha value is -2.30. The lowest BCUT2D eigenvalue weighted by Crippen LogP contribution is -2.28. The molecule has 5 heteroatoms. The van der Waals surface area contributed by atoms with Crippen LogP contribution in [-0.4, -0.2) is 28.5 Å². The molecule has 1 heterocycles. The number of aromatic hydroxyl groups is 1. The minimum absolute atomic E-state index is 0.0289. The number of rotatable bonds is 2. The van der Waals surface area contributed by atoms with Crippen molar-refractivity contribution in [2.75, 3.05) is 0 Å². The van der Waals surface area contributed by atoms with Crippen LogP contribution < -0.4 is 4.74 Å². The molecular formula is C13H13NO4. The van der Waals surface area contributed by atoms with Crippen LogP contribution in [0.25, 0.3) is 6.08 Å². The largest absolute Gasteiger partial charge is 0.619 e. The van der Waals surface area contributed by atoms with E-state index in [-0.39, 0.29) is 22.7 Å². The third-order valence-corrected chi connectivity index (χ3v) is 2.71. The number of hydrogen-bond donors (Lipinski definition) is 1. The predicted octanol–water partition coefficient (Wildman–Crippen LogP) is 2.23. The second kappa shape index (κ2) is 3.87. The molecule has 0 radical (unpaired) electrons. The van der Waals surface area contributed by atoms with Crippen molar-refractivity contribution in [3.63, 3.8) is 0 Å². The van der Waals surface area contributed by atoms with Crippen molar-refractivity contribution in [2.45, 2.75) is 19.4 Å². The Balaban J connectivity index is 2.76. The number of carbonyl (C=O) groups is 1. The second-order valence-corrected chi connectivity index (χ2v) is 4.61. The van der Waals surface area contributed by atoms with Crippen molar-refractivity contribution in [3.05, 3.63) is 28.5 Å². The van der Waals surface area contributed by atoms with Gasteiger partial charge in [-0.1, -0.05) is 0 Å². The van der Waals surface area contributed by atoms with Gasteiger partial charge in [-0.3, -0.25) is 4.79 Å². The molecule has 5 nitrogen and oxygen atoms in total. The summed E-state index contributed by atoms with van der Waals surface area (Å²) in [5.74, 6) is 0.0351. The minimum atomic E-state index is -0.590. The highest BCUT2D eigenvalue weighted by Crippen LogP contribution is 2.44. The molecule has 0 saturated heterocycles. The molecule has 1 aromatic carbocycles. The normalized spacial score (nSPS) is 15.7. The zero-order valence-corrected chi connectivity index (χ0v) is 10.1. The zero-order chi connectivity index (χ0) is 13.5. The highest BCUT2D eigenvalue weighted by molar-refractivity contribution is 5.87. The molecule has 0 atom stereocenters. The number of nitrogens with zero attached hydrogens (tertiary/aromatic N) is 1. The molecule has 2 rings (SSSR count). The van der Waals surface area contributed by atoms with E-state index in [0.29, 0.717) is 16.6 Å². The third-order valence-electron chi connectivity index (χ3n) is 2.71. The maximum absolute atomic E-state index is 11.4. The molecule has 94 valence electrons. The van der Waals surface area contributed by atoms with Crippen molar-refractivity contribution in [1.29, 1.82) is 0 Å². The summed E-state index contributed by atoms with van der Waals surface area (Å²) in [5, 5.41) is 21.3. The highest BCUT2D eigenvalue weighted by atomic mass is 16.5. The van der Waals surface area contributed by atoms with E-state index in [1.54, 1.807) is 12.2 Å². The van der Waals surface area contributed by atoms with Gasteiger partial charge in [0.25, 0.3) is 5.69 Å². The maximum atomic E-state index is 11.4. The molecule has 0 saturated carbocycles. The van der Waals surface area contributed by atoms with Gasteiger partial charge in [0.05, 0.1) is 11.1 Å². The van der Waals surface area contributed by atoms with Gasteiger partial charge in [0.1, 0.15) is 18.1 Å². The summed E-state index contributed by atoms with van der Waals surface area (Å²) in [6.07, 6.45) is 3.86. The molecule has 0 spiro atoms. The molecule has 0 unspecified atom stereocenters. The van der Waals surface area contributed by atoms with E-state index < -0.39 is 5.60 Å². The van der Waals surface area contributed by atoms with Crippen LogP contribution >= 0.6 is 0 Å². The lowest BCUT2D eigenvalue weighted by Gasteiger charge is -2.28. The molecular weight excluding hydrogens is 234 g/mol. The van der Waals surface area contributed by atoms with Crippen LogP contribution in [0, 0.1) is 5.21 Å². The van der Waals surface area contributed by atoms with Crippen molar-refractivity contribution >= 4 is 24.8 Å². The first-order valence-electron chi connectivity index (χ1n) is 5.37. The first kappa shape index (κ1) is 12.2. The van der Waals surface area contributed by atoms with Gasteiger partial charge in [-0.15, -0.1) is 0 Å². The van der Waals surface area contributed by atoms with Crippen LogP contribution in [0.15, 0.2) is 12.1 Å². The standard InChI is InChI=1S/C13H13NO4/c1-13(2)5-4-9-11(16)8(7-15)6-10(14(3)17)12(9)18-13/h4-7,16H,3H2,1-2H3. The Morgan fingerprint density at radius 3 is 2.78 bits per heavy atom. The van der Waals surface area contributed by atoms with Gasteiger partial charge in [-0.25, -0.2) is 0 Å². The van der Waals surface area contributed by atoms with Crippen molar-refractivity contribution < 1.29 is 19.4 Å². The molecule has 1 N–H and O–H groups in total. The first-order valence-corrected chi connectivity index (χ1v) is 5.37.